The number of carbonyl (C=O) groups excluding carboxylic acids is 1. The summed E-state index contributed by atoms with van der Waals surface area (Å²) in [5.74, 6) is 0.705. The molecule has 0 bridgehead atoms. The van der Waals surface area contributed by atoms with E-state index in [-0.39, 0.29) is 17.4 Å². The molecule has 2 unspecified atom stereocenters. The highest BCUT2D eigenvalue weighted by molar-refractivity contribution is 5.81. The first kappa shape index (κ1) is 12.7. The highest BCUT2D eigenvalue weighted by Gasteiger charge is 2.25. The zero-order chi connectivity index (χ0) is 11.5. The summed E-state index contributed by atoms with van der Waals surface area (Å²) in [6, 6.07) is 0.266. The van der Waals surface area contributed by atoms with Crippen LogP contribution in [0.3, 0.4) is 0 Å². The van der Waals surface area contributed by atoms with E-state index < -0.39 is 0 Å². The second kappa shape index (κ2) is 5.11. The fourth-order valence-corrected chi connectivity index (χ4v) is 2.22. The molecule has 2 N–H and O–H groups in total. The molecule has 1 aliphatic carbocycles. The standard InChI is InChI=1S/C13H25NO/c1-13(2,3)8-7-12(15)10-5-4-6-11(14)9-10/h10-11H,4-9,14H2,1-3H3. The Bertz CT molecular complexity index is 217. The van der Waals surface area contributed by atoms with Crippen molar-refractivity contribution in [3.8, 4) is 0 Å². The number of Topliss-reactive ketones (excluding diaryl/α,β-unsaturated/α-hetero) is 1. The smallest absolute Gasteiger partial charge is 0.136 e. The quantitative estimate of drug-likeness (QED) is 0.780. The van der Waals surface area contributed by atoms with Gasteiger partial charge >= 0.3 is 0 Å². The van der Waals surface area contributed by atoms with Crippen LogP contribution in [-0.4, -0.2) is 11.8 Å². The third-order valence-electron chi connectivity index (χ3n) is 3.29. The average Bonchev–Trinajstić information content (AvgIpc) is 2.13. The molecule has 1 aliphatic rings. The molecule has 2 nitrogen and oxygen atoms in total. The molecule has 0 amide bonds. The molecule has 0 saturated heterocycles. The summed E-state index contributed by atoms with van der Waals surface area (Å²) in [7, 11) is 0. The second-order valence-electron chi connectivity index (χ2n) is 6.15. The minimum absolute atomic E-state index is 0.260. The third-order valence-corrected chi connectivity index (χ3v) is 3.29. The predicted molar refractivity (Wildman–Crippen MR) is 63.6 cm³/mol. The predicted octanol–water partition coefficient (Wildman–Crippen LogP) is 2.90. The Morgan fingerprint density at radius 2 is 2.00 bits per heavy atom. The van der Waals surface area contributed by atoms with Crippen LogP contribution in [0.5, 0.6) is 0 Å². The Labute approximate surface area is 93.6 Å². The lowest BCUT2D eigenvalue weighted by molar-refractivity contribution is -0.124. The molecule has 0 aromatic heterocycles. The van der Waals surface area contributed by atoms with Gasteiger partial charge in [-0.25, -0.2) is 0 Å². The van der Waals surface area contributed by atoms with Crippen molar-refractivity contribution >= 4 is 5.78 Å². The molecule has 0 heterocycles. The Morgan fingerprint density at radius 1 is 1.33 bits per heavy atom. The summed E-state index contributed by atoms with van der Waals surface area (Å²) in [4.78, 5) is 11.9. The number of ketones is 1. The summed E-state index contributed by atoms with van der Waals surface area (Å²) in [6.45, 7) is 6.56. The third kappa shape index (κ3) is 4.78. The van der Waals surface area contributed by atoms with E-state index in [1.807, 2.05) is 0 Å². The summed E-state index contributed by atoms with van der Waals surface area (Å²) >= 11 is 0. The largest absolute Gasteiger partial charge is 0.328 e. The van der Waals surface area contributed by atoms with Gasteiger partial charge in [-0.1, -0.05) is 27.2 Å². The highest BCUT2D eigenvalue weighted by atomic mass is 16.1. The van der Waals surface area contributed by atoms with Crippen molar-refractivity contribution in [3.63, 3.8) is 0 Å². The fourth-order valence-electron chi connectivity index (χ4n) is 2.22. The van der Waals surface area contributed by atoms with Crippen LogP contribution in [-0.2, 0) is 4.79 Å². The van der Waals surface area contributed by atoms with Gasteiger partial charge < -0.3 is 5.73 Å². The molecule has 0 aliphatic heterocycles. The van der Waals surface area contributed by atoms with Crippen molar-refractivity contribution in [2.45, 2.75) is 65.3 Å². The van der Waals surface area contributed by atoms with Gasteiger partial charge in [0.2, 0.25) is 0 Å². The Balaban J connectivity index is 2.33. The van der Waals surface area contributed by atoms with Gasteiger partial charge in [-0.05, 0) is 31.1 Å². The lowest BCUT2D eigenvalue weighted by Gasteiger charge is -2.26. The van der Waals surface area contributed by atoms with Gasteiger partial charge in [0.15, 0.2) is 0 Å². The molecule has 2 atom stereocenters. The maximum absolute atomic E-state index is 11.9. The lowest BCUT2D eigenvalue weighted by atomic mass is 9.80. The van der Waals surface area contributed by atoms with Crippen molar-refractivity contribution < 1.29 is 4.79 Å². The molecule has 0 aromatic rings. The van der Waals surface area contributed by atoms with E-state index in [1.165, 1.54) is 0 Å². The Hall–Kier alpha value is -0.370. The molecule has 1 saturated carbocycles. The molecule has 2 heteroatoms. The van der Waals surface area contributed by atoms with Gasteiger partial charge in [0, 0.05) is 18.4 Å². The summed E-state index contributed by atoms with van der Waals surface area (Å²) in [5, 5.41) is 0. The van der Waals surface area contributed by atoms with Gasteiger partial charge in [0.05, 0.1) is 0 Å². The van der Waals surface area contributed by atoms with Crippen LogP contribution in [0.25, 0.3) is 0 Å². The maximum Gasteiger partial charge on any atom is 0.136 e. The van der Waals surface area contributed by atoms with Crippen LogP contribution in [0.15, 0.2) is 0 Å². The number of rotatable bonds is 3. The second-order valence-corrected chi connectivity index (χ2v) is 6.15. The number of hydrogen-bond donors (Lipinski definition) is 1. The van der Waals surface area contributed by atoms with Gasteiger partial charge in [0.1, 0.15) is 5.78 Å². The first-order chi connectivity index (χ1) is 6.88. The number of hydrogen-bond acceptors (Lipinski definition) is 2. The van der Waals surface area contributed by atoms with Crippen LogP contribution in [0.4, 0.5) is 0 Å². The van der Waals surface area contributed by atoms with Gasteiger partial charge in [0.25, 0.3) is 0 Å². The normalized spacial score (nSPS) is 27.7. The Morgan fingerprint density at radius 3 is 2.53 bits per heavy atom. The monoisotopic (exact) mass is 211 g/mol. The molecule has 1 fully saturated rings. The van der Waals surface area contributed by atoms with Crippen LogP contribution >= 0.6 is 0 Å². The number of nitrogens with two attached hydrogens (primary N) is 1. The van der Waals surface area contributed by atoms with E-state index in [4.69, 9.17) is 5.73 Å². The molecule has 0 radical (unpaired) electrons. The minimum Gasteiger partial charge on any atom is -0.328 e. The molecule has 1 rings (SSSR count). The van der Waals surface area contributed by atoms with E-state index in [0.29, 0.717) is 5.78 Å². The minimum atomic E-state index is 0.260. The summed E-state index contributed by atoms with van der Waals surface area (Å²) in [6.07, 6.45) is 5.95. The van der Waals surface area contributed by atoms with E-state index in [2.05, 4.69) is 20.8 Å². The molecule has 0 spiro atoms. The fraction of sp³-hybridized carbons (Fsp3) is 0.923. The van der Waals surface area contributed by atoms with E-state index in [9.17, 15) is 4.79 Å². The first-order valence-corrected chi connectivity index (χ1v) is 6.17. The van der Waals surface area contributed by atoms with Crippen molar-refractivity contribution in [3.05, 3.63) is 0 Å². The van der Waals surface area contributed by atoms with Crippen molar-refractivity contribution in [1.29, 1.82) is 0 Å². The van der Waals surface area contributed by atoms with Crippen LogP contribution in [0, 0.1) is 11.3 Å². The first-order valence-electron chi connectivity index (χ1n) is 6.17. The van der Waals surface area contributed by atoms with E-state index >= 15 is 0 Å². The maximum atomic E-state index is 11.9. The van der Waals surface area contributed by atoms with Crippen LogP contribution < -0.4 is 5.73 Å². The topological polar surface area (TPSA) is 43.1 Å². The highest BCUT2D eigenvalue weighted by Crippen LogP contribution is 2.28. The molecular formula is C13H25NO. The molecule has 88 valence electrons. The molecular weight excluding hydrogens is 186 g/mol. The summed E-state index contributed by atoms with van der Waals surface area (Å²) in [5.41, 5.74) is 6.16. The van der Waals surface area contributed by atoms with Gasteiger partial charge in [-0.15, -0.1) is 0 Å². The summed E-state index contributed by atoms with van der Waals surface area (Å²) < 4.78 is 0. The van der Waals surface area contributed by atoms with Crippen molar-refractivity contribution in [2.75, 3.05) is 0 Å². The van der Waals surface area contributed by atoms with Gasteiger partial charge in [-0.3, -0.25) is 4.79 Å². The SMILES string of the molecule is CC(C)(C)CCC(=O)C1CCCC(N)C1. The zero-order valence-corrected chi connectivity index (χ0v) is 10.4. The van der Waals surface area contributed by atoms with E-state index in [1.54, 1.807) is 0 Å². The van der Waals surface area contributed by atoms with Crippen molar-refractivity contribution in [1.82, 2.24) is 0 Å². The molecule has 0 aromatic carbocycles. The van der Waals surface area contributed by atoms with Crippen molar-refractivity contribution in [2.24, 2.45) is 17.1 Å². The Kier molecular flexibility index (Phi) is 4.32. The van der Waals surface area contributed by atoms with Gasteiger partial charge in [-0.2, -0.15) is 0 Å². The van der Waals surface area contributed by atoms with E-state index in [0.717, 1.165) is 38.5 Å². The van der Waals surface area contributed by atoms with Crippen LogP contribution in [0.2, 0.25) is 0 Å². The average molecular weight is 211 g/mol. The molecule has 15 heavy (non-hydrogen) atoms. The zero-order valence-electron chi connectivity index (χ0n) is 10.4. The van der Waals surface area contributed by atoms with Crippen LogP contribution in [0.1, 0.15) is 59.3 Å². The number of carbonyl (C=O) groups is 1. The lowest BCUT2D eigenvalue weighted by Crippen LogP contribution is -2.31.